The summed E-state index contributed by atoms with van der Waals surface area (Å²) in [4.78, 5) is 23.5. The van der Waals surface area contributed by atoms with Crippen LogP contribution in [-0.4, -0.2) is 33.6 Å². The van der Waals surface area contributed by atoms with E-state index < -0.39 is 16.1 Å². The number of ether oxygens (including phenoxy) is 1. The minimum absolute atomic E-state index is 0.0904. The molecular weight excluding hydrogens is 382 g/mol. The summed E-state index contributed by atoms with van der Waals surface area (Å²) in [6.07, 6.45) is 0.953. The van der Waals surface area contributed by atoms with Gasteiger partial charge in [-0.15, -0.1) is 0 Å². The highest BCUT2D eigenvalue weighted by atomic mass is 32.2. The van der Waals surface area contributed by atoms with Gasteiger partial charge in [0.1, 0.15) is 5.75 Å². The zero-order valence-electron chi connectivity index (χ0n) is 15.9. The van der Waals surface area contributed by atoms with Crippen LogP contribution in [0.5, 0.6) is 5.75 Å². The molecule has 1 atom stereocenters. The first-order valence-corrected chi connectivity index (χ1v) is 10.3. The first-order valence-electron chi connectivity index (χ1n) is 8.45. The Bertz CT molecular complexity index is 925. The molecule has 2 amide bonds. The van der Waals surface area contributed by atoms with E-state index in [0.717, 1.165) is 6.26 Å². The Hall–Kier alpha value is -2.91. The molecule has 0 aromatic heterocycles. The number of amides is 2. The van der Waals surface area contributed by atoms with Gasteiger partial charge in [0.05, 0.1) is 19.4 Å². The number of hydrogen-bond acceptors (Lipinski definition) is 5. The molecule has 0 heterocycles. The summed E-state index contributed by atoms with van der Waals surface area (Å²) in [6.45, 7) is 1.41. The van der Waals surface area contributed by atoms with E-state index in [2.05, 4.69) is 15.4 Å². The van der Waals surface area contributed by atoms with Gasteiger partial charge in [-0.25, -0.2) is 13.1 Å². The molecule has 2 rings (SSSR count). The second kappa shape index (κ2) is 9.34. The Morgan fingerprint density at radius 1 is 0.964 bits per heavy atom. The SMILES string of the molecule is COc1ccc(C(CC(=O)Nc2ccc(NC(C)=O)cc2)NS(C)(=O)=O)cc1. The summed E-state index contributed by atoms with van der Waals surface area (Å²) >= 11 is 0. The number of benzene rings is 2. The smallest absolute Gasteiger partial charge is 0.226 e. The van der Waals surface area contributed by atoms with Gasteiger partial charge in [0, 0.05) is 24.7 Å². The third-order valence-electron chi connectivity index (χ3n) is 3.75. The molecule has 3 N–H and O–H groups in total. The predicted molar refractivity (Wildman–Crippen MR) is 108 cm³/mol. The van der Waals surface area contributed by atoms with Gasteiger partial charge in [0.25, 0.3) is 0 Å². The van der Waals surface area contributed by atoms with Crippen LogP contribution in [0.2, 0.25) is 0 Å². The first-order chi connectivity index (χ1) is 13.2. The maximum absolute atomic E-state index is 12.4. The van der Waals surface area contributed by atoms with E-state index in [0.29, 0.717) is 22.7 Å². The molecule has 0 spiro atoms. The zero-order valence-corrected chi connectivity index (χ0v) is 16.7. The molecular formula is C19H23N3O5S. The van der Waals surface area contributed by atoms with Gasteiger partial charge in [0.2, 0.25) is 21.8 Å². The molecule has 0 fully saturated rings. The Morgan fingerprint density at radius 3 is 1.96 bits per heavy atom. The van der Waals surface area contributed by atoms with Crippen molar-refractivity contribution >= 4 is 33.2 Å². The maximum Gasteiger partial charge on any atom is 0.226 e. The number of methoxy groups -OCH3 is 1. The fraction of sp³-hybridized carbons (Fsp3) is 0.263. The zero-order chi connectivity index (χ0) is 20.7. The van der Waals surface area contributed by atoms with Gasteiger partial charge in [-0.3, -0.25) is 9.59 Å². The summed E-state index contributed by atoms with van der Waals surface area (Å²) in [5.41, 5.74) is 1.79. The Balaban J connectivity index is 2.09. The molecule has 0 saturated heterocycles. The molecule has 28 heavy (non-hydrogen) atoms. The molecule has 0 bridgehead atoms. The molecule has 0 saturated carbocycles. The third-order valence-corrected chi connectivity index (χ3v) is 4.47. The summed E-state index contributed by atoms with van der Waals surface area (Å²) in [5, 5.41) is 5.36. The molecule has 0 aliphatic heterocycles. The molecule has 1 unspecified atom stereocenters. The summed E-state index contributed by atoms with van der Waals surface area (Å²) < 4.78 is 31.0. The molecule has 0 aliphatic rings. The van der Waals surface area contributed by atoms with E-state index >= 15 is 0 Å². The first kappa shape index (κ1) is 21.4. The van der Waals surface area contributed by atoms with Crippen molar-refractivity contribution in [3.05, 3.63) is 54.1 Å². The molecule has 2 aromatic rings. The van der Waals surface area contributed by atoms with Gasteiger partial charge < -0.3 is 15.4 Å². The van der Waals surface area contributed by atoms with Gasteiger partial charge in [-0.1, -0.05) is 12.1 Å². The molecule has 8 nitrogen and oxygen atoms in total. The van der Waals surface area contributed by atoms with Crippen molar-refractivity contribution in [3.63, 3.8) is 0 Å². The van der Waals surface area contributed by atoms with Crippen LogP contribution in [0.25, 0.3) is 0 Å². The van der Waals surface area contributed by atoms with E-state index in [-0.39, 0.29) is 18.2 Å². The second-order valence-corrected chi connectivity index (χ2v) is 8.01. The van der Waals surface area contributed by atoms with Gasteiger partial charge in [-0.2, -0.15) is 0 Å². The molecule has 9 heteroatoms. The molecule has 150 valence electrons. The van der Waals surface area contributed by atoms with Crippen LogP contribution in [-0.2, 0) is 19.6 Å². The number of carbonyl (C=O) groups is 2. The number of sulfonamides is 1. The Labute approximate surface area is 164 Å². The van der Waals surface area contributed by atoms with E-state index in [4.69, 9.17) is 4.74 Å². The van der Waals surface area contributed by atoms with Crippen LogP contribution in [0, 0.1) is 0 Å². The average molecular weight is 405 g/mol. The van der Waals surface area contributed by atoms with Gasteiger partial charge in [-0.05, 0) is 42.0 Å². The highest BCUT2D eigenvalue weighted by Gasteiger charge is 2.20. The third kappa shape index (κ3) is 7.01. The summed E-state index contributed by atoms with van der Waals surface area (Å²) in [5.74, 6) is 0.0841. The van der Waals surface area contributed by atoms with Crippen molar-refractivity contribution in [1.29, 1.82) is 0 Å². The summed E-state index contributed by atoms with van der Waals surface area (Å²) in [6, 6.07) is 12.7. The minimum atomic E-state index is -3.52. The van der Waals surface area contributed by atoms with E-state index in [9.17, 15) is 18.0 Å². The molecule has 0 radical (unpaired) electrons. The van der Waals surface area contributed by atoms with Crippen molar-refractivity contribution in [2.24, 2.45) is 0 Å². The minimum Gasteiger partial charge on any atom is -0.497 e. The fourth-order valence-corrected chi connectivity index (χ4v) is 3.30. The average Bonchev–Trinajstić information content (AvgIpc) is 2.61. The highest BCUT2D eigenvalue weighted by Crippen LogP contribution is 2.22. The summed E-state index contributed by atoms with van der Waals surface area (Å²) in [7, 11) is -1.99. The lowest BCUT2D eigenvalue weighted by Gasteiger charge is -2.18. The number of nitrogens with one attached hydrogen (secondary N) is 3. The lowest BCUT2D eigenvalue weighted by Crippen LogP contribution is -2.30. The number of carbonyl (C=O) groups excluding carboxylic acids is 2. The van der Waals surface area contributed by atoms with Crippen LogP contribution < -0.4 is 20.1 Å². The molecule has 0 aliphatic carbocycles. The van der Waals surface area contributed by atoms with Gasteiger partial charge in [0.15, 0.2) is 0 Å². The standard InChI is InChI=1S/C19H23N3O5S/c1-13(23)20-15-6-8-16(9-7-15)21-19(24)12-18(22-28(3,25)26)14-4-10-17(27-2)11-5-14/h4-11,18,22H,12H2,1-3H3,(H,20,23)(H,21,24). The largest absolute Gasteiger partial charge is 0.497 e. The predicted octanol–water partition coefficient (Wildman–Crippen LogP) is 2.27. The highest BCUT2D eigenvalue weighted by molar-refractivity contribution is 7.88. The van der Waals surface area contributed by atoms with E-state index in [1.165, 1.54) is 14.0 Å². The van der Waals surface area contributed by atoms with Crippen molar-refractivity contribution in [2.45, 2.75) is 19.4 Å². The van der Waals surface area contributed by atoms with E-state index in [1.807, 2.05) is 0 Å². The Morgan fingerprint density at radius 2 is 1.50 bits per heavy atom. The van der Waals surface area contributed by atoms with Crippen molar-refractivity contribution in [1.82, 2.24) is 4.72 Å². The van der Waals surface area contributed by atoms with Crippen LogP contribution in [0.1, 0.15) is 24.9 Å². The number of rotatable bonds is 8. The van der Waals surface area contributed by atoms with Crippen molar-refractivity contribution in [2.75, 3.05) is 24.0 Å². The molecule has 2 aromatic carbocycles. The second-order valence-electron chi connectivity index (χ2n) is 6.23. The maximum atomic E-state index is 12.4. The fourth-order valence-electron chi connectivity index (χ4n) is 2.56. The lowest BCUT2D eigenvalue weighted by atomic mass is 10.0. The lowest BCUT2D eigenvalue weighted by molar-refractivity contribution is -0.116. The van der Waals surface area contributed by atoms with E-state index in [1.54, 1.807) is 48.5 Å². The normalized spacial score (nSPS) is 12.1. The van der Waals surface area contributed by atoms with Crippen LogP contribution in [0.4, 0.5) is 11.4 Å². The van der Waals surface area contributed by atoms with Crippen LogP contribution >= 0.6 is 0 Å². The van der Waals surface area contributed by atoms with Crippen LogP contribution in [0.15, 0.2) is 48.5 Å². The number of hydrogen-bond donors (Lipinski definition) is 3. The van der Waals surface area contributed by atoms with Crippen molar-refractivity contribution in [3.8, 4) is 5.75 Å². The topological polar surface area (TPSA) is 114 Å². The Kier molecular flexibility index (Phi) is 7.13. The van der Waals surface area contributed by atoms with Crippen molar-refractivity contribution < 1.29 is 22.7 Å². The number of anilines is 2. The monoisotopic (exact) mass is 405 g/mol. The van der Waals surface area contributed by atoms with Crippen LogP contribution in [0.3, 0.4) is 0 Å². The van der Waals surface area contributed by atoms with Gasteiger partial charge >= 0.3 is 0 Å². The quantitative estimate of drug-likeness (QED) is 0.623.